The Morgan fingerprint density at radius 1 is 1.19 bits per heavy atom. The molecule has 0 fully saturated rings. The molecule has 21 heavy (non-hydrogen) atoms. The summed E-state index contributed by atoms with van der Waals surface area (Å²) in [6, 6.07) is 11.6. The highest BCUT2D eigenvalue weighted by molar-refractivity contribution is 7.99. The Morgan fingerprint density at radius 2 is 2.00 bits per heavy atom. The lowest BCUT2D eigenvalue weighted by molar-refractivity contribution is 0.0462. The zero-order valence-electron chi connectivity index (χ0n) is 11.1. The predicted molar refractivity (Wildman–Crippen MR) is 77.7 cm³/mol. The maximum absolute atomic E-state index is 13.6. The first-order valence-corrected chi connectivity index (χ1v) is 7.63. The lowest BCUT2D eigenvalue weighted by atomic mass is 10.0. The number of rotatable bonds is 3. The summed E-state index contributed by atoms with van der Waals surface area (Å²) in [6.07, 6.45) is -1.30. The Labute approximate surface area is 125 Å². The minimum Gasteiger partial charge on any atom is -0.486 e. The van der Waals surface area contributed by atoms with Gasteiger partial charge in [-0.3, -0.25) is 0 Å². The molecule has 1 aliphatic rings. The van der Waals surface area contributed by atoms with Crippen LogP contribution in [0.25, 0.3) is 0 Å². The number of halogens is 2. The van der Waals surface area contributed by atoms with E-state index in [2.05, 4.69) is 0 Å². The van der Waals surface area contributed by atoms with Gasteiger partial charge < -0.3 is 9.84 Å². The van der Waals surface area contributed by atoms with Gasteiger partial charge in [0.15, 0.2) is 11.6 Å². The summed E-state index contributed by atoms with van der Waals surface area (Å²) in [4.78, 5) is 1.03. The van der Waals surface area contributed by atoms with Crippen LogP contribution in [0.5, 0.6) is 5.75 Å². The van der Waals surface area contributed by atoms with Crippen LogP contribution in [0.2, 0.25) is 0 Å². The van der Waals surface area contributed by atoms with Gasteiger partial charge in [0, 0.05) is 17.1 Å². The van der Waals surface area contributed by atoms with Crippen molar-refractivity contribution in [2.24, 2.45) is 0 Å². The molecule has 0 amide bonds. The van der Waals surface area contributed by atoms with Crippen LogP contribution in [-0.2, 0) is 6.42 Å². The highest BCUT2D eigenvalue weighted by Gasteiger charge is 2.27. The van der Waals surface area contributed by atoms with E-state index in [1.54, 1.807) is 11.8 Å². The molecule has 0 radical (unpaired) electrons. The predicted octanol–water partition coefficient (Wildman–Crippen LogP) is 3.42. The second-order valence-corrected chi connectivity index (χ2v) is 5.96. The fourth-order valence-corrected chi connectivity index (χ4v) is 3.36. The third-order valence-corrected chi connectivity index (χ3v) is 4.56. The van der Waals surface area contributed by atoms with Crippen LogP contribution in [0.15, 0.2) is 47.4 Å². The van der Waals surface area contributed by atoms with Crippen molar-refractivity contribution >= 4 is 11.8 Å². The Balaban J connectivity index is 1.72. The maximum atomic E-state index is 13.6. The van der Waals surface area contributed by atoms with Crippen molar-refractivity contribution in [3.05, 3.63) is 59.7 Å². The third-order valence-electron chi connectivity index (χ3n) is 3.42. The topological polar surface area (TPSA) is 29.5 Å². The van der Waals surface area contributed by atoms with E-state index in [-0.39, 0.29) is 12.0 Å². The van der Waals surface area contributed by atoms with Crippen molar-refractivity contribution in [1.29, 1.82) is 0 Å². The summed E-state index contributed by atoms with van der Waals surface area (Å²) in [5.74, 6) is -0.503. The molecule has 1 aliphatic heterocycles. The van der Waals surface area contributed by atoms with Crippen LogP contribution in [0.1, 0.15) is 5.56 Å². The summed E-state index contributed by atoms with van der Waals surface area (Å²) < 4.78 is 32.6. The van der Waals surface area contributed by atoms with E-state index in [0.717, 1.165) is 16.7 Å². The van der Waals surface area contributed by atoms with Crippen LogP contribution in [0.3, 0.4) is 0 Å². The molecule has 5 heteroatoms. The number of thioether (sulfide) groups is 1. The molecule has 0 spiro atoms. The lowest BCUT2D eigenvalue weighted by Gasteiger charge is -2.29. The molecule has 2 aromatic carbocycles. The molecule has 0 aliphatic carbocycles. The van der Waals surface area contributed by atoms with E-state index < -0.39 is 23.8 Å². The zero-order chi connectivity index (χ0) is 14.8. The number of fused-ring (bicyclic) bond motifs is 1. The van der Waals surface area contributed by atoms with Crippen molar-refractivity contribution in [2.75, 3.05) is 5.75 Å². The molecule has 2 aromatic rings. The summed E-state index contributed by atoms with van der Waals surface area (Å²) in [6.45, 7) is 0. The molecule has 1 N–H and O–H groups in total. The van der Waals surface area contributed by atoms with Crippen LogP contribution >= 0.6 is 11.8 Å². The summed E-state index contributed by atoms with van der Waals surface area (Å²) in [7, 11) is 0. The van der Waals surface area contributed by atoms with Crippen molar-refractivity contribution in [3.8, 4) is 5.75 Å². The molecular weight excluding hydrogens is 294 g/mol. The van der Waals surface area contributed by atoms with Gasteiger partial charge in [-0.15, -0.1) is 11.8 Å². The van der Waals surface area contributed by atoms with E-state index in [4.69, 9.17) is 4.74 Å². The molecule has 0 saturated carbocycles. The van der Waals surface area contributed by atoms with Gasteiger partial charge in [-0.1, -0.05) is 24.3 Å². The number of aliphatic hydroxyl groups excluding tert-OH is 1. The Bertz CT molecular complexity index is 648. The van der Waals surface area contributed by atoms with Gasteiger partial charge >= 0.3 is 0 Å². The lowest BCUT2D eigenvalue weighted by Crippen LogP contribution is -2.37. The zero-order valence-corrected chi connectivity index (χ0v) is 11.9. The average Bonchev–Trinajstić information content (AvgIpc) is 2.51. The molecule has 1 heterocycles. The first-order chi connectivity index (χ1) is 10.1. The second-order valence-electron chi connectivity index (χ2n) is 4.90. The number of hydrogen-bond acceptors (Lipinski definition) is 3. The number of para-hydroxylation sites is 1. The van der Waals surface area contributed by atoms with Gasteiger partial charge in [-0.2, -0.15) is 0 Å². The standard InChI is InChI=1S/C16H14F2O2S/c17-11-5-3-4-10(16(11)18)8-12(19)14-9-21-15-7-2-1-6-13(15)20-14/h1-7,12,14,19H,8-9H2. The largest absolute Gasteiger partial charge is 0.486 e. The van der Waals surface area contributed by atoms with Gasteiger partial charge in [0.25, 0.3) is 0 Å². The number of ether oxygens (including phenoxy) is 1. The van der Waals surface area contributed by atoms with Crippen LogP contribution in [-0.4, -0.2) is 23.1 Å². The van der Waals surface area contributed by atoms with E-state index in [1.807, 2.05) is 24.3 Å². The highest BCUT2D eigenvalue weighted by Crippen LogP contribution is 2.36. The summed E-state index contributed by atoms with van der Waals surface area (Å²) in [5, 5.41) is 10.2. The minimum atomic E-state index is -0.902. The SMILES string of the molecule is OC(Cc1cccc(F)c1F)C1CSc2ccccc2O1. The van der Waals surface area contributed by atoms with Crippen LogP contribution in [0.4, 0.5) is 8.78 Å². The van der Waals surface area contributed by atoms with Gasteiger partial charge in [-0.05, 0) is 23.8 Å². The van der Waals surface area contributed by atoms with Gasteiger partial charge in [0.05, 0.1) is 6.10 Å². The summed E-state index contributed by atoms with van der Waals surface area (Å²) >= 11 is 1.59. The fraction of sp³-hybridized carbons (Fsp3) is 0.250. The molecule has 2 atom stereocenters. The van der Waals surface area contributed by atoms with E-state index in [0.29, 0.717) is 5.75 Å². The van der Waals surface area contributed by atoms with Gasteiger partial charge in [-0.25, -0.2) is 8.78 Å². The van der Waals surface area contributed by atoms with Gasteiger partial charge in [0.1, 0.15) is 11.9 Å². The van der Waals surface area contributed by atoms with E-state index in [1.165, 1.54) is 12.1 Å². The van der Waals surface area contributed by atoms with Crippen molar-refractivity contribution in [3.63, 3.8) is 0 Å². The monoisotopic (exact) mass is 308 g/mol. The molecule has 2 nitrogen and oxygen atoms in total. The smallest absolute Gasteiger partial charge is 0.162 e. The molecule has 0 bridgehead atoms. The first-order valence-electron chi connectivity index (χ1n) is 6.64. The average molecular weight is 308 g/mol. The van der Waals surface area contributed by atoms with E-state index >= 15 is 0 Å². The number of benzene rings is 2. The normalized spacial score (nSPS) is 18.7. The number of aliphatic hydroxyl groups is 1. The van der Waals surface area contributed by atoms with E-state index in [9.17, 15) is 13.9 Å². The van der Waals surface area contributed by atoms with Crippen molar-refractivity contribution < 1.29 is 18.6 Å². The first kappa shape index (κ1) is 14.4. The van der Waals surface area contributed by atoms with Crippen LogP contribution < -0.4 is 4.74 Å². The summed E-state index contributed by atoms with van der Waals surface area (Å²) in [5.41, 5.74) is 0.162. The molecule has 3 rings (SSSR count). The Hall–Kier alpha value is -1.59. The maximum Gasteiger partial charge on any atom is 0.162 e. The molecule has 110 valence electrons. The van der Waals surface area contributed by atoms with Gasteiger partial charge in [0.2, 0.25) is 0 Å². The third kappa shape index (κ3) is 3.04. The van der Waals surface area contributed by atoms with Crippen molar-refractivity contribution in [1.82, 2.24) is 0 Å². The number of hydrogen-bond donors (Lipinski definition) is 1. The second kappa shape index (κ2) is 6.03. The highest BCUT2D eigenvalue weighted by atomic mass is 32.2. The Kier molecular flexibility index (Phi) is 4.12. The molecule has 0 aromatic heterocycles. The van der Waals surface area contributed by atoms with Crippen molar-refractivity contribution in [2.45, 2.75) is 23.5 Å². The molecule has 0 saturated heterocycles. The van der Waals surface area contributed by atoms with Crippen LogP contribution in [0, 0.1) is 11.6 Å². The Morgan fingerprint density at radius 3 is 2.86 bits per heavy atom. The quantitative estimate of drug-likeness (QED) is 0.942. The molecular formula is C16H14F2O2S. The molecule has 2 unspecified atom stereocenters. The minimum absolute atomic E-state index is 0.0248. The fourth-order valence-electron chi connectivity index (χ4n) is 2.29.